The molecule has 0 spiro atoms. The van der Waals surface area contributed by atoms with Crippen LogP contribution in [0.1, 0.15) is 40.3 Å². The van der Waals surface area contributed by atoms with E-state index in [1.54, 1.807) is 0 Å². The van der Waals surface area contributed by atoms with Gasteiger partial charge in [-0.25, -0.2) is 4.98 Å². The Hall–Kier alpha value is -4.44. The summed E-state index contributed by atoms with van der Waals surface area (Å²) < 4.78 is 2.28. The van der Waals surface area contributed by atoms with Gasteiger partial charge in [0.05, 0.1) is 12.0 Å². The van der Waals surface area contributed by atoms with Crippen LogP contribution in [0.5, 0.6) is 0 Å². The Labute approximate surface area is 217 Å². The molecule has 1 aliphatic rings. The fourth-order valence-electron chi connectivity index (χ4n) is 5.22. The number of aromatic nitrogens is 2. The van der Waals surface area contributed by atoms with E-state index in [9.17, 15) is 0 Å². The molecule has 0 N–H and O–H groups in total. The van der Waals surface area contributed by atoms with Crippen LogP contribution in [-0.2, 0) is 17.0 Å². The van der Waals surface area contributed by atoms with Crippen molar-refractivity contribution in [2.75, 3.05) is 0 Å². The molecule has 0 amide bonds. The highest BCUT2D eigenvalue weighted by Gasteiger charge is 2.42. The average Bonchev–Trinajstić information content (AvgIpc) is 3.58. The molecule has 0 bridgehead atoms. The highest BCUT2D eigenvalue weighted by Crippen LogP contribution is 2.47. The maximum atomic E-state index is 5.53. The van der Waals surface area contributed by atoms with E-state index in [1.807, 2.05) is 42.9 Å². The minimum Gasteiger partial charge on any atom is -0.391 e. The minimum atomic E-state index is -0.535. The minimum absolute atomic E-state index is 0.346. The van der Waals surface area contributed by atoms with Gasteiger partial charge in [0, 0.05) is 24.2 Å². The molecule has 1 aliphatic carbocycles. The van der Waals surface area contributed by atoms with Crippen molar-refractivity contribution >= 4 is 6.21 Å². The van der Waals surface area contributed by atoms with Crippen molar-refractivity contribution in [1.82, 2.24) is 9.55 Å². The Kier molecular flexibility index (Phi) is 6.38. The van der Waals surface area contributed by atoms with Crippen molar-refractivity contribution < 1.29 is 4.84 Å². The second-order valence-corrected chi connectivity index (χ2v) is 9.53. The third kappa shape index (κ3) is 4.58. The van der Waals surface area contributed by atoms with Gasteiger partial charge in [0.15, 0.2) is 0 Å². The van der Waals surface area contributed by atoms with Gasteiger partial charge < -0.3 is 9.40 Å². The first-order chi connectivity index (χ1) is 18.4. The van der Waals surface area contributed by atoms with Gasteiger partial charge in [0.25, 0.3) is 0 Å². The van der Waals surface area contributed by atoms with Gasteiger partial charge in [-0.2, -0.15) is 0 Å². The Morgan fingerprint density at radius 2 is 1.27 bits per heavy atom. The van der Waals surface area contributed by atoms with E-state index in [1.165, 1.54) is 16.7 Å². The lowest BCUT2D eigenvalue weighted by atomic mass is 9.77. The third-order valence-electron chi connectivity index (χ3n) is 7.19. The summed E-state index contributed by atoms with van der Waals surface area (Å²) in [6.45, 7) is 0.483. The Bertz CT molecular complexity index is 1350. The SMILES string of the molecule is C(=N/OCc1ccccc1)/[C@H]1C[C@@H]1c1cn(C(c2ccccc2)(c2ccccc2)c2ccccc2)cn1. The van der Waals surface area contributed by atoms with Crippen molar-refractivity contribution in [3.8, 4) is 0 Å². The first kappa shape index (κ1) is 23.0. The first-order valence-electron chi connectivity index (χ1n) is 12.8. The van der Waals surface area contributed by atoms with Gasteiger partial charge in [-0.3, -0.25) is 0 Å². The second-order valence-electron chi connectivity index (χ2n) is 9.53. The number of nitrogens with zero attached hydrogens (tertiary/aromatic N) is 3. The van der Waals surface area contributed by atoms with Crippen LogP contribution >= 0.6 is 0 Å². The predicted molar refractivity (Wildman–Crippen MR) is 147 cm³/mol. The molecule has 2 atom stereocenters. The molecule has 182 valence electrons. The summed E-state index contributed by atoms with van der Waals surface area (Å²) >= 11 is 0. The molecule has 37 heavy (non-hydrogen) atoms. The van der Waals surface area contributed by atoms with Crippen LogP contribution in [0, 0.1) is 5.92 Å². The van der Waals surface area contributed by atoms with Crippen LogP contribution < -0.4 is 0 Å². The lowest BCUT2D eigenvalue weighted by Gasteiger charge is -2.37. The van der Waals surface area contributed by atoms with E-state index < -0.39 is 5.54 Å². The van der Waals surface area contributed by atoms with Crippen LogP contribution in [0.4, 0.5) is 0 Å². The Morgan fingerprint density at radius 3 is 1.81 bits per heavy atom. The maximum Gasteiger partial charge on any atom is 0.142 e. The predicted octanol–water partition coefficient (Wildman–Crippen LogP) is 7.03. The summed E-state index contributed by atoms with van der Waals surface area (Å²) in [7, 11) is 0. The number of imidazole rings is 1. The van der Waals surface area contributed by atoms with E-state index in [2.05, 4.69) is 107 Å². The number of hydrogen-bond acceptors (Lipinski definition) is 3. The largest absolute Gasteiger partial charge is 0.391 e. The molecule has 5 aromatic rings. The Balaban J connectivity index is 1.31. The van der Waals surface area contributed by atoms with Crippen LogP contribution in [0.3, 0.4) is 0 Å². The van der Waals surface area contributed by atoms with E-state index in [4.69, 9.17) is 9.82 Å². The summed E-state index contributed by atoms with van der Waals surface area (Å²) in [6, 6.07) is 42.2. The monoisotopic (exact) mass is 483 g/mol. The molecule has 4 nitrogen and oxygen atoms in total. The zero-order valence-electron chi connectivity index (χ0n) is 20.6. The summed E-state index contributed by atoms with van der Waals surface area (Å²) in [5, 5.41) is 4.24. The molecule has 1 saturated carbocycles. The first-order valence-corrected chi connectivity index (χ1v) is 12.8. The fraction of sp³-hybridized carbons (Fsp3) is 0.152. The van der Waals surface area contributed by atoms with Crippen molar-refractivity contribution in [3.05, 3.63) is 162 Å². The molecule has 0 saturated heterocycles. The number of oxime groups is 1. The quantitative estimate of drug-likeness (QED) is 0.128. The van der Waals surface area contributed by atoms with Crippen LogP contribution in [-0.4, -0.2) is 15.8 Å². The molecule has 1 fully saturated rings. The molecule has 0 radical (unpaired) electrons. The number of benzene rings is 4. The summed E-state index contributed by atoms with van der Waals surface area (Å²) in [5.74, 6) is 0.698. The van der Waals surface area contributed by atoms with E-state index >= 15 is 0 Å². The van der Waals surface area contributed by atoms with Gasteiger partial charge in [0.2, 0.25) is 0 Å². The highest BCUT2D eigenvalue weighted by atomic mass is 16.6. The van der Waals surface area contributed by atoms with E-state index in [-0.39, 0.29) is 0 Å². The summed E-state index contributed by atoms with van der Waals surface area (Å²) in [6.07, 6.45) is 7.17. The summed E-state index contributed by atoms with van der Waals surface area (Å²) in [5.41, 5.74) is 5.25. The summed E-state index contributed by atoms with van der Waals surface area (Å²) in [4.78, 5) is 10.4. The zero-order chi connectivity index (χ0) is 24.9. The van der Waals surface area contributed by atoms with Crippen LogP contribution in [0.25, 0.3) is 0 Å². The van der Waals surface area contributed by atoms with Crippen molar-refractivity contribution in [3.63, 3.8) is 0 Å². The van der Waals surface area contributed by atoms with Gasteiger partial charge in [-0.05, 0) is 28.7 Å². The fourth-order valence-corrected chi connectivity index (χ4v) is 5.22. The smallest absolute Gasteiger partial charge is 0.142 e. The van der Waals surface area contributed by atoms with E-state index in [0.717, 1.165) is 17.7 Å². The molecule has 6 rings (SSSR count). The topological polar surface area (TPSA) is 39.4 Å². The zero-order valence-corrected chi connectivity index (χ0v) is 20.6. The maximum absolute atomic E-state index is 5.53. The number of rotatable bonds is 9. The van der Waals surface area contributed by atoms with Gasteiger partial charge in [-0.1, -0.05) is 126 Å². The standard InChI is InChI=1S/C33H29N3O/c1-5-13-26(14-6-1)24-37-35-22-27-21-31(27)32-23-36(25-34-32)33(28-15-7-2-8-16-28,29-17-9-3-10-18-29)30-19-11-4-12-20-30/h1-20,22-23,25,27,31H,21,24H2/b35-22-/t27-,31+/m1/s1. The molecular formula is C33H29N3O. The second kappa shape index (κ2) is 10.3. The van der Waals surface area contributed by atoms with Crippen LogP contribution in [0.15, 0.2) is 139 Å². The van der Waals surface area contributed by atoms with Crippen molar-refractivity contribution in [1.29, 1.82) is 0 Å². The molecular weight excluding hydrogens is 454 g/mol. The van der Waals surface area contributed by atoms with E-state index in [0.29, 0.717) is 18.4 Å². The normalized spacial score (nSPS) is 17.1. The van der Waals surface area contributed by atoms with Crippen LogP contribution in [0.2, 0.25) is 0 Å². The third-order valence-corrected chi connectivity index (χ3v) is 7.19. The molecule has 0 unspecified atom stereocenters. The Morgan fingerprint density at radius 1 is 0.757 bits per heavy atom. The molecule has 0 aliphatic heterocycles. The molecule has 4 aromatic carbocycles. The highest BCUT2D eigenvalue weighted by molar-refractivity contribution is 5.66. The van der Waals surface area contributed by atoms with Gasteiger partial charge in [-0.15, -0.1) is 0 Å². The average molecular weight is 484 g/mol. The van der Waals surface area contributed by atoms with Crippen molar-refractivity contribution in [2.24, 2.45) is 11.1 Å². The molecule has 1 aromatic heterocycles. The molecule has 4 heteroatoms. The van der Waals surface area contributed by atoms with Gasteiger partial charge >= 0.3 is 0 Å². The lowest BCUT2D eigenvalue weighted by Crippen LogP contribution is -2.36. The molecule has 1 heterocycles. The lowest BCUT2D eigenvalue weighted by molar-refractivity contribution is 0.131. The van der Waals surface area contributed by atoms with Gasteiger partial charge in [0.1, 0.15) is 12.1 Å². The number of hydrogen-bond donors (Lipinski definition) is 0. The van der Waals surface area contributed by atoms with Crippen molar-refractivity contribution in [2.45, 2.75) is 24.5 Å².